The van der Waals surface area contributed by atoms with Crippen molar-refractivity contribution in [2.75, 3.05) is 19.0 Å². The lowest BCUT2D eigenvalue weighted by Gasteiger charge is -2.07. The Morgan fingerprint density at radius 2 is 2.09 bits per heavy atom. The van der Waals surface area contributed by atoms with Crippen LogP contribution in [0.5, 0.6) is 0 Å². The molecule has 1 aromatic carbocycles. The number of hydrogen-bond donors (Lipinski definition) is 2. The number of nitrogens with one attached hydrogen (secondary N) is 1. The number of unbranched alkanes of at least 4 members (excludes halogenated alkanes) is 2. The largest absolute Gasteiger partial charge is 0.469 e. The van der Waals surface area contributed by atoms with Crippen LogP contribution in [0.2, 0.25) is 0 Å². The zero-order chi connectivity index (χ0) is 15.5. The summed E-state index contributed by atoms with van der Waals surface area (Å²) in [6.07, 6.45) is 4.14. The fourth-order valence-corrected chi connectivity index (χ4v) is 1.92. The van der Waals surface area contributed by atoms with Crippen molar-refractivity contribution < 1.29 is 9.53 Å². The highest BCUT2D eigenvalue weighted by atomic mass is 127. The fraction of sp³-hybridized carbons (Fsp3) is 0.500. The summed E-state index contributed by atoms with van der Waals surface area (Å²) in [5.74, 6) is 0.270. The number of guanidine groups is 1. The lowest BCUT2D eigenvalue weighted by molar-refractivity contribution is -0.140. The van der Waals surface area contributed by atoms with Gasteiger partial charge in [0.2, 0.25) is 0 Å². The number of ether oxygens (including phenoxy) is 1. The summed E-state index contributed by atoms with van der Waals surface area (Å²) in [5.41, 5.74) is 8.07. The Morgan fingerprint density at radius 3 is 2.77 bits per heavy atom. The van der Waals surface area contributed by atoms with Crippen LogP contribution in [0, 0.1) is 0 Å². The SMILES string of the molecule is CCc1cccc(NC(N)=NCCCCCC(=O)OC)c1.I. The van der Waals surface area contributed by atoms with Crippen LogP contribution in [-0.2, 0) is 16.0 Å². The van der Waals surface area contributed by atoms with E-state index in [2.05, 4.69) is 34.1 Å². The third-order valence-corrected chi connectivity index (χ3v) is 3.16. The molecule has 3 N–H and O–H groups in total. The van der Waals surface area contributed by atoms with Crippen LogP contribution in [0.3, 0.4) is 0 Å². The maximum atomic E-state index is 10.9. The predicted octanol–water partition coefficient (Wildman–Crippen LogP) is 3.33. The number of methoxy groups -OCH3 is 1. The number of esters is 1. The second-order valence-electron chi connectivity index (χ2n) is 4.83. The van der Waals surface area contributed by atoms with Crippen LogP contribution in [0.15, 0.2) is 29.3 Å². The van der Waals surface area contributed by atoms with Crippen molar-refractivity contribution in [1.29, 1.82) is 0 Å². The minimum atomic E-state index is -0.157. The molecule has 0 fully saturated rings. The van der Waals surface area contributed by atoms with Gasteiger partial charge in [0.1, 0.15) is 0 Å². The number of halogens is 1. The van der Waals surface area contributed by atoms with Gasteiger partial charge in [-0.15, -0.1) is 24.0 Å². The number of aliphatic imine (C=N–C) groups is 1. The fourth-order valence-electron chi connectivity index (χ4n) is 1.92. The van der Waals surface area contributed by atoms with Gasteiger partial charge >= 0.3 is 5.97 Å². The summed E-state index contributed by atoms with van der Waals surface area (Å²) in [7, 11) is 1.41. The lowest BCUT2D eigenvalue weighted by Crippen LogP contribution is -2.22. The van der Waals surface area contributed by atoms with Crippen LogP contribution in [0.1, 0.15) is 38.2 Å². The van der Waals surface area contributed by atoms with Crippen LogP contribution >= 0.6 is 24.0 Å². The third kappa shape index (κ3) is 8.86. The van der Waals surface area contributed by atoms with Gasteiger partial charge < -0.3 is 15.8 Å². The first-order valence-corrected chi connectivity index (χ1v) is 7.38. The minimum Gasteiger partial charge on any atom is -0.469 e. The average Bonchev–Trinajstić information content (AvgIpc) is 2.50. The number of nitrogens with two attached hydrogens (primary N) is 1. The molecular weight excluding hydrogens is 393 g/mol. The van der Waals surface area contributed by atoms with Crippen molar-refractivity contribution in [3.63, 3.8) is 0 Å². The Kier molecular flexibility index (Phi) is 11.5. The van der Waals surface area contributed by atoms with Crippen molar-refractivity contribution >= 4 is 41.6 Å². The number of nitrogens with zero attached hydrogens (tertiary/aromatic N) is 1. The van der Waals surface area contributed by atoms with Gasteiger partial charge in [-0.3, -0.25) is 9.79 Å². The van der Waals surface area contributed by atoms with Crippen molar-refractivity contribution in [2.45, 2.75) is 39.0 Å². The van der Waals surface area contributed by atoms with E-state index in [1.54, 1.807) is 0 Å². The van der Waals surface area contributed by atoms with Crippen molar-refractivity contribution in [1.82, 2.24) is 0 Å². The number of anilines is 1. The summed E-state index contributed by atoms with van der Waals surface area (Å²) in [6, 6.07) is 8.12. The van der Waals surface area contributed by atoms with E-state index >= 15 is 0 Å². The van der Waals surface area contributed by atoms with E-state index in [0.29, 0.717) is 18.9 Å². The zero-order valence-corrected chi connectivity index (χ0v) is 15.6. The topological polar surface area (TPSA) is 76.7 Å². The summed E-state index contributed by atoms with van der Waals surface area (Å²) >= 11 is 0. The molecule has 0 saturated heterocycles. The number of aryl methyl sites for hydroxylation is 1. The van der Waals surface area contributed by atoms with Crippen molar-refractivity contribution in [3.05, 3.63) is 29.8 Å². The van der Waals surface area contributed by atoms with Gasteiger partial charge in [0.25, 0.3) is 0 Å². The second-order valence-corrected chi connectivity index (χ2v) is 4.83. The molecule has 6 heteroatoms. The highest BCUT2D eigenvalue weighted by Crippen LogP contribution is 2.10. The molecule has 0 amide bonds. The van der Waals surface area contributed by atoms with E-state index in [0.717, 1.165) is 31.4 Å². The maximum absolute atomic E-state index is 10.9. The Hall–Kier alpha value is -1.31. The standard InChI is InChI=1S/C16H25N3O2.HI/c1-3-13-8-7-9-14(12-13)19-16(17)18-11-6-4-5-10-15(20)21-2;/h7-9,12H,3-6,10-11H2,1-2H3,(H3,17,18,19);1H. The number of rotatable bonds is 8. The molecule has 0 aliphatic carbocycles. The molecular formula is C16H26IN3O2. The maximum Gasteiger partial charge on any atom is 0.305 e. The van der Waals surface area contributed by atoms with Crippen molar-refractivity contribution in [3.8, 4) is 0 Å². The smallest absolute Gasteiger partial charge is 0.305 e. The van der Waals surface area contributed by atoms with Gasteiger partial charge in [-0.1, -0.05) is 25.5 Å². The lowest BCUT2D eigenvalue weighted by atomic mass is 10.1. The molecule has 0 aliphatic heterocycles. The van der Waals surface area contributed by atoms with E-state index in [9.17, 15) is 4.79 Å². The average molecular weight is 419 g/mol. The number of carbonyl (C=O) groups is 1. The van der Waals surface area contributed by atoms with Crippen LogP contribution in [0.4, 0.5) is 5.69 Å². The van der Waals surface area contributed by atoms with Gasteiger partial charge in [0.15, 0.2) is 5.96 Å². The predicted molar refractivity (Wildman–Crippen MR) is 102 cm³/mol. The summed E-state index contributed by atoms with van der Waals surface area (Å²) < 4.78 is 4.58. The molecule has 0 unspecified atom stereocenters. The van der Waals surface area contributed by atoms with E-state index in [-0.39, 0.29) is 29.9 Å². The number of carbonyl (C=O) groups excluding carboxylic acids is 1. The zero-order valence-electron chi connectivity index (χ0n) is 13.3. The normalized spacial score (nSPS) is 10.7. The first-order chi connectivity index (χ1) is 10.2. The Balaban J connectivity index is 0.00000441. The highest BCUT2D eigenvalue weighted by molar-refractivity contribution is 14.0. The van der Waals surface area contributed by atoms with Gasteiger partial charge in [0, 0.05) is 18.7 Å². The summed E-state index contributed by atoms with van der Waals surface area (Å²) in [5, 5.41) is 3.09. The van der Waals surface area contributed by atoms with Crippen LogP contribution in [-0.4, -0.2) is 25.6 Å². The molecule has 0 heterocycles. The minimum absolute atomic E-state index is 0. The molecule has 0 radical (unpaired) electrons. The molecule has 0 atom stereocenters. The molecule has 1 aromatic rings. The summed E-state index contributed by atoms with van der Waals surface area (Å²) in [6.45, 7) is 2.78. The van der Waals surface area contributed by atoms with E-state index in [1.165, 1.54) is 12.7 Å². The van der Waals surface area contributed by atoms with Gasteiger partial charge in [-0.2, -0.15) is 0 Å². The Bertz CT molecular complexity index is 478. The second kappa shape index (κ2) is 12.3. The van der Waals surface area contributed by atoms with Crippen LogP contribution < -0.4 is 11.1 Å². The number of hydrogen-bond acceptors (Lipinski definition) is 3. The van der Waals surface area contributed by atoms with E-state index in [1.807, 2.05) is 12.1 Å². The van der Waals surface area contributed by atoms with Gasteiger partial charge in [-0.25, -0.2) is 0 Å². The third-order valence-electron chi connectivity index (χ3n) is 3.16. The molecule has 0 aromatic heterocycles. The Labute approximate surface area is 149 Å². The Morgan fingerprint density at radius 1 is 1.32 bits per heavy atom. The molecule has 0 aliphatic rings. The highest BCUT2D eigenvalue weighted by Gasteiger charge is 1.99. The van der Waals surface area contributed by atoms with Crippen molar-refractivity contribution in [2.24, 2.45) is 10.7 Å². The molecule has 0 bridgehead atoms. The van der Waals surface area contributed by atoms with Gasteiger partial charge in [0.05, 0.1) is 7.11 Å². The summed E-state index contributed by atoms with van der Waals surface area (Å²) in [4.78, 5) is 15.2. The number of benzene rings is 1. The molecule has 22 heavy (non-hydrogen) atoms. The molecule has 124 valence electrons. The molecule has 1 rings (SSSR count). The quantitative estimate of drug-likeness (QED) is 0.223. The van der Waals surface area contributed by atoms with E-state index < -0.39 is 0 Å². The van der Waals surface area contributed by atoms with Crippen LogP contribution in [0.25, 0.3) is 0 Å². The monoisotopic (exact) mass is 419 g/mol. The molecule has 5 nitrogen and oxygen atoms in total. The molecule has 0 saturated carbocycles. The first-order valence-electron chi connectivity index (χ1n) is 7.38. The molecule has 0 spiro atoms. The van der Waals surface area contributed by atoms with E-state index in [4.69, 9.17) is 5.73 Å². The van der Waals surface area contributed by atoms with Gasteiger partial charge in [-0.05, 0) is 37.0 Å². The first kappa shape index (κ1) is 20.7.